The first-order chi connectivity index (χ1) is 7.68. The monoisotopic (exact) mass is 235 g/mol. The summed E-state index contributed by atoms with van der Waals surface area (Å²) in [6.07, 6.45) is 3.42. The molecular weight excluding hydrogens is 225 g/mol. The average Bonchev–Trinajstić information content (AvgIpc) is 2.73. The van der Waals surface area contributed by atoms with Gasteiger partial charge in [0.05, 0.1) is 6.54 Å². The molecule has 0 aliphatic rings. The first-order valence-corrected chi connectivity index (χ1v) is 5.14. The second kappa shape index (κ2) is 4.40. The zero-order valence-corrected chi connectivity index (χ0v) is 9.25. The Morgan fingerprint density at radius 3 is 2.88 bits per heavy atom. The smallest absolute Gasteiger partial charge is 0.138 e. The van der Waals surface area contributed by atoms with Crippen LogP contribution in [0.1, 0.15) is 11.1 Å². The molecule has 1 heterocycles. The molecule has 0 bridgehead atoms. The average molecular weight is 235 g/mol. The zero-order chi connectivity index (χ0) is 11.5. The van der Waals surface area contributed by atoms with Crippen LogP contribution in [0.4, 0.5) is 4.39 Å². The van der Waals surface area contributed by atoms with Gasteiger partial charge < -0.3 is 5.73 Å². The molecule has 1 aromatic heterocycles. The number of hydrogen-bond acceptors (Lipinski definition) is 2. The van der Waals surface area contributed by atoms with Crippen LogP contribution in [0.15, 0.2) is 36.7 Å². The molecule has 0 fully saturated rings. The number of halogens is 1. The molecular formula is C11H10FN3S. The molecule has 0 aliphatic carbocycles. The van der Waals surface area contributed by atoms with Crippen molar-refractivity contribution in [2.45, 2.75) is 6.54 Å². The van der Waals surface area contributed by atoms with Crippen LogP contribution in [-0.4, -0.2) is 14.8 Å². The number of hydrogen-bond donors (Lipinski definition) is 1. The summed E-state index contributed by atoms with van der Waals surface area (Å²) >= 11 is 4.77. The summed E-state index contributed by atoms with van der Waals surface area (Å²) in [6.45, 7) is 0.370. The molecule has 0 saturated carbocycles. The minimum Gasteiger partial charge on any atom is -0.389 e. The fourth-order valence-electron chi connectivity index (χ4n) is 1.46. The summed E-state index contributed by atoms with van der Waals surface area (Å²) in [7, 11) is 0. The largest absolute Gasteiger partial charge is 0.389 e. The van der Waals surface area contributed by atoms with E-state index < -0.39 is 0 Å². The zero-order valence-electron chi connectivity index (χ0n) is 8.43. The van der Waals surface area contributed by atoms with E-state index >= 15 is 0 Å². The van der Waals surface area contributed by atoms with Crippen molar-refractivity contribution in [3.8, 4) is 0 Å². The van der Waals surface area contributed by atoms with Gasteiger partial charge in [-0.25, -0.2) is 4.39 Å². The molecule has 16 heavy (non-hydrogen) atoms. The molecule has 1 aromatic carbocycles. The Morgan fingerprint density at radius 1 is 1.44 bits per heavy atom. The van der Waals surface area contributed by atoms with Crippen molar-refractivity contribution in [3.05, 3.63) is 53.6 Å². The summed E-state index contributed by atoms with van der Waals surface area (Å²) in [5.74, 6) is -0.370. The molecule has 82 valence electrons. The van der Waals surface area contributed by atoms with Crippen LogP contribution in [-0.2, 0) is 6.54 Å². The Labute approximate surface area is 97.7 Å². The third kappa shape index (κ3) is 2.09. The van der Waals surface area contributed by atoms with E-state index in [4.69, 9.17) is 18.0 Å². The molecule has 5 heteroatoms. The summed E-state index contributed by atoms with van der Waals surface area (Å²) in [5, 5.41) is 4.01. The molecule has 0 amide bonds. The van der Waals surface area contributed by atoms with Crippen molar-refractivity contribution in [2.75, 3.05) is 0 Å². The highest BCUT2D eigenvalue weighted by Crippen LogP contribution is 2.13. The Bertz CT molecular complexity index is 508. The van der Waals surface area contributed by atoms with Gasteiger partial charge in [0.1, 0.15) is 10.8 Å². The summed E-state index contributed by atoms with van der Waals surface area (Å²) in [6, 6.07) is 6.79. The number of thiocarbonyl (C=S) groups is 1. The maximum atomic E-state index is 13.9. The molecule has 3 nitrogen and oxygen atoms in total. The lowest BCUT2D eigenvalue weighted by Gasteiger charge is -2.07. The first-order valence-electron chi connectivity index (χ1n) is 4.73. The van der Waals surface area contributed by atoms with Crippen LogP contribution < -0.4 is 5.73 Å². The lowest BCUT2D eigenvalue weighted by atomic mass is 10.1. The van der Waals surface area contributed by atoms with E-state index in [9.17, 15) is 4.39 Å². The first kappa shape index (κ1) is 10.8. The minimum absolute atomic E-state index is 0.0693. The van der Waals surface area contributed by atoms with Crippen molar-refractivity contribution in [2.24, 2.45) is 5.73 Å². The molecule has 0 saturated heterocycles. The Morgan fingerprint density at radius 2 is 2.25 bits per heavy atom. The highest BCUT2D eigenvalue weighted by atomic mass is 32.1. The van der Waals surface area contributed by atoms with Gasteiger partial charge in [-0.15, -0.1) is 0 Å². The number of nitrogens with zero attached hydrogens (tertiary/aromatic N) is 2. The highest BCUT2D eigenvalue weighted by Gasteiger charge is 2.10. The van der Waals surface area contributed by atoms with Crippen molar-refractivity contribution in [1.29, 1.82) is 0 Å². The third-order valence-corrected chi connectivity index (χ3v) is 2.46. The van der Waals surface area contributed by atoms with E-state index in [1.54, 1.807) is 41.3 Å². The maximum absolute atomic E-state index is 13.9. The SMILES string of the molecule is NC(=S)c1cccc(Cn2cccn2)c1F. The fraction of sp³-hybridized carbons (Fsp3) is 0.0909. The Kier molecular flexibility index (Phi) is 2.96. The second-order valence-corrected chi connectivity index (χ2v) is 3.79. The van der Waals surface area contributed by atoms with Gasteiger partial charge in [0.2, 0.25) is 0 Å². The van der Waals surface area contributed by atoms with E-state index in [1.807, 2.05) is 0 Å². The van der Waals surface area contributed by atoms with Crippen LogP contribution in [0.5, 0.6) is 0 Å². The van der Waals surface area contributed by atoms with Crippen molar-refractivity contribution in [3.63, 3.8) is 0 Å². The van der Waals surface area contributed by atoms with Crippen LogP contribution in [0, 0.1) is 5.82 Å². The standard InChI is InChI=1S/C11H10FN3S/c12-10-8(7-15-6-2-5-14-15)3-1-4-9(10)11(13)16/h1-6H,7H2,(H2,13,16). The minimum atomic E-state index is -0.370. The molecule has 0 unspecified atom stereocenters. The maximum Gasteiger partial charge on any atom is 0.138 e. The molecule has 2 N–H and O–H groups in total. The van der Waals surface area contributed by atoms with Crippen molar-refractivity contribution >= 4 is 17.2 Å². The number of benzene rings is 1. The fourth-order valence-corrected chi connectivity index (χ4v) is 1.62. The van der Waals surface area contributed by atoms with Gasteiger partial charge in [0, 0.05) is 23.5 Å². The van der Waals surface area contributed by atoms with Crippen LogP contribution in [0.2, 0.25) is 0 Å². The Hall–Kier alpha value is -1.75. The van der Waals surface area contributed by atoms with Crippen molar-refractivity contribution in [1.82, 2.24) is 9.78 Å². The van der Waals surface area contributed by atoms with Gasteiger partial charge in [0.25, 0.3) is 0 Å². The molecule has 2 aromatic rings. The third-order valence-electron chi connectivity index (χ3n) is 2.24. The molecule has 0 radical (unpaired) electrons. The highest BCUT2D eigenvalue weighted by molar-refractivity contribution is 7.80. The van der Waals surface area contributed by atoms with Crippen LogP contribution in [0.3, 0.4) is 0 Å². The number of nitrogens with two attached hydrogens (primary N) is 1. The topological polar surface area (TPSA) is 43.8 Å². The molecule has 0 aliphatic heterocycles. The number of rotatable bonds is 3. The van der Waals surface area contributed by atoms with E-state index in [-0.39, 0.29) is 16.4 Å². The van der Waals surface area contributed by atoms with Gasteiger partial charge >= 0.3 is 0 Å². The van der Waals surface area contributed by atoms with Crippen LogP contribution in [0.25, 0.3) is 0 Å². The van der Waals surface area contributed by atoms with Gasteiger partial charge in [-0.3, -0.25) is 4.68 Å². The van der Waals surface area contributed by atoms with Crippen LogP contribution >= 0.6 is 12.2 Å². The second-order valence-electron chi connectivity index (χ2n) is 3.35. The number of aromatic nitrogens is 2. The quantitative estimate of drug-likeness (QED) is 0.824. The summed E-state index contributed by atoms with van der Waals surface area (Å²) in [4.78, 5) is 0.0693. The van der Waals surface area contributed by atoms with E-state index in [2.05, 4.69) is 5.10 Å². The summed E-state index contributed by atoms with van der Waals surface area (Å²) < 4.78 is 15.5. The molecule has 0 atom stereocenters. The molecule has 2 rings (SSSR count). The predicted octanol–water partition coefficient (Wildman–Crippen LogP) is 1.70. The van der Waals surface area contributed by atoms with E-state index in [0.29, 0.717) is 12.1 Å². The lowest BCUT2D eigenvalue weighted by Crippen LogP contribution is -2.13. The molecule has 0 spiro atoms. The van der Waals surface area contributed by atoms with Gasteiger partial charge in [-0.05, 0) is 12.1 Å². The van der Waals surface area contributed by atoms with Gasteiger partial charge in [0.15, 0.2) is 0 Å². The lowest BCUT2D eigenvalue weighted by molar-refractivity contribution is 0.583. The van der Waals surface area contributed by atoms with Gasteiger partial charge in [-0.1, -0.05) is 24.4 Å². The van der Waals surface area contributed by atoms with Gasteiger partial charge in [-0.2, -0.15) is 5.10 Å². The normalized spacial score (nSPS) is 10.3. The van der Waals surface area contributed by atoms with E-state index in [1.165, 1.54) is 0 Å². The van der Waals surface area contributed by atoms with E-state index in [0.717, 1.165) is 0 Å². The Balaban J connectivity index is 2.35. The predicted molar refractivity (Wildman–Crippen MR) is 63.6 cm³/mol. The van der Waals surface area contributed by atoms with Crippen molar-refractivity contribution < 1.29 is 4.39 Å². The summed E-state index contributed by atoms with van der Waals surface area (Å²) in [5.41, 5.74) is 6.23.